The van der Waals surface area contributed by atoms with E-state index in [2.05, 4.69) is 30.5 Å². The number of fused-ring (bicyclic) bond motifs is 1. The third-order valence-corrected chi connectivity index (χ3v) is 3.79. The Morgan fingerprint density at radius 1 is 1.45 bits per heavy atom. The number of nitrogens with one attached hydrogen (secondary N) is 2. The van der Waals surface area contributed by atoms with Crippen molar-refractivity contribution in [3.05, 3.63) is 29.3 Å². The van der Waals surface area contributed by atoms with Crippen molar-refractivity contribution in [3.63, 3.8) is 0 Å². The van der Waals surface area contributed by atoms with Gasteiger partial charge in [-0.1, -0.05) is 26.0 Å². The number of ether oxygens (including phenoxy) is 1. The molecule has 1 atom stereocenters. The van der Waals surface area contributed by atoms with Crippen molar-refractivity contribution < 1.29 is 9.53 Å². The van der Waals surface area contributed by atoms with Gasteiger partial charge in [0.25, 0.3) is 5.91 Å². The van der Waals surface area contributed by atoms with E-state index in [1.54, 1.807) is 7.11 Å². The second-order valence-corrected chi connectivity index (χ2v) is 5.65. The lowest BCUT2D eigenvalue weighted by atomic mass is 9.98. The predicted molar refractivity (Wildman–Crippen MR) is 81.2 cm³/mol. The zero-order chi connectivity index (χ0) is 14.5. The molecule has 0 saturated heterocycles. The number of anilines is 1. The summed E-state index contributed by atoms with van der Waals surface area (Å²) in [5.74, 6) is 0.318. The molecule has 0 aliphatic carbocycles. The van der Waals surface area contributed by atoms with Gasteiger partial charge in [-0.15, -0.1) is 0 Å². The van der Waals surface area contributed by atoms with E-state index in [1.165, 1.54) is 5.56 Å². The molecule has 1 aromatic carbocycles. The molecule has 4 heteroatoms. The van der Waals surface area contributed by atoms with Crippen molar-refractivity contribution in [1.29, 1.82) is 0 Å². The lowest BCUT2D eigenvalue weighted by molar-refractivity contribution is 0.0867. The molecule has 0 spiro atoms. The monoisotopic (exact) mass is 276 g/mol. The van der Waals surface area contributed by atoms with E-state index < -0.39 is 0 Å². The van der Waals surface area contributed by atoms with Crippen molar-refractivity contribution in [2.24, 2.45) is 5.92 Å². The number of carbonyl (C=O) groups is 1. The fourth-order valence-electron chi connectivity index (χ4n) is 2.53. The topological polar surface area (TPSA) is 50.4 Å². The Labute approximate surface area is 120 Å². The number of hydrogen-bond donors (Lipinski definition) is 2. The third kappa shape index (κ3) is 3.31. The minimum absolute atomic E-state index is 0.0213. The standard InChI is InChI=1S/C16H24N2O2/c1-11(2)14(10-20-3)18-16(19)13-8-4-6-12-7-5-9-17-15(12)13/h4,6,8,11,14,17H,5,7,9-10H2,1-3H3,(H,18,19). The molecule has 0 bridgehead atoms. The number of methoxy groups -OCH3 is 1. The number of carbonyl (C=O) groups excluding carboxylic acids is 1. The summed E-state index contributed by atoms with van der Waals surface area (Å²) in [6, 6.07) is 5.97. The molecule has 1 amide bonds. The maximum absolute atomic E-state index is 12.5. The summed E-state index contributed by atoms with van der Waals surface area (Å²) in [5, 5.41) is 6.43. The summed E-state index contributed by atoms with van der Waals surface area (Å²) in [5.41, 5.74) is 2.97. The van der Waals surface area contributed by atoms with E-state index in [1.807, 2.05) is 12.1 Å². The molecule has 0 saturated carbocycles. The second-order valence-electron chi connectivity index (χ2n) is 5.65. The molecule has 0 fully saturated rings. The molecular formula is C16H24N2O2. The highest BCUT2D eigenvalue weighted by atomic mass is 16.5. The maximum atomic E-state index is 12.5. The van der Waals surface area contributed by atoms with Crippen LogP contribution < -0.4 is 10.6 Å². The largest absolute Gasteiger partial charge is 0.384 e. The molecule has 1 aromatic rings. The summed E-state index contributed by atoms with van der Waals surface area (Å²) in [6.45, 7) is 5.64. The molecule has 2 rings (SSSR count). The van der Waals surface area contributed by atoms with Crippen LogP contribution in [0.1, 0.15) is 36.2 Å². The quantitative estimate of drug-likeness (QED) is 0.868. The van der Waals surface area contributed by atoms with Gasteiger partial charge in [-0.3, -0.25) is 4.79 Å². The summed E-state index contributed by atoms with van der Waals surface area (Å²) < 4.78 is 5.18. The van der Waals surface area contributed by atoms with Crippen molar-refractivity contribution in [2.75, 3.05) is 25.6 Å². The molecule has 1 unspecified atom stereocenters. The Kier molecular flexibility index (Phi) is 5.01. The fraction of sp³-hybridized carbons (Fsp3) is 0.562. The highest BCUT2D eigenvalue weighted by Crippen LogP contribution is 2.26. The highest BCUT2D eigenvalue weighted by Gasteiger charge is 2.21. The molecule has 20 heavy (non-hydrogen) atoms. The average molecular weight is 276 g/mol. The summed E-state index contributed by atoms with van der Waals surface area (Å²) in [4.78, 5) is 12.5. The van der Waals surface area contributed by atoms with Crippen LogP contribution in [0.2, 0.25) is 0 Å². The van der Waals surface area contributed by atoms with Crippen LogP contribution in [0.4, 0.5) is 5.69 Å². The third-order valence-electron chi connectivity index (χ3n) is 3.79. The van der Waals surface area contributed by atoms with E-state index >= 15 is 0 Å². The number of para-hydroxylation sites is 1. The predicted octanol–water partition coefficient (Wildman–Crippen LogP) is 2.45. The van der Waals surface area contributed by atoms with Crippen LogP contribution in [0.3, 0.4) is 0 Å². The van der Waals surface area contributed by atoms with Gasteiger partial charge in [-0.05, 0) is 30.4 Å². The van der Waals surface area contributed by atoms with Crippen molar-refractivity contribution >= 4 is 11.6 Å². The number of benzene rings is 1. The Bertz CT molecular complexity index is 472. The SMILES string of the molecule is COCC(NC(=O)c1cccc2c1NCCC2)C(C)C. The number of hydrogen-bond acceptors (Lipinski definition) is 3. The summed E-state index contributed by atoms with van der Waals surface area (Å²) in [6.07, 6.45) is 2.16. The normalized spacial score (nSPS) is 15.4. The van der Waals surface area contributed by atoms with Gasteiger partial charge in [0.05, 0.1) is 23.9 Å². The second kappa shape index (κ2) is 6.75. The zero-order valence-electron chi connectivity index (χ0n) is 12.5. The van der Waals surface area contributed by atoms with Crippen LogP contribution in [0.5, 0.6) is 0 Å². The van der Waals surface area contributed by atoms with Crippen molar-refractivity contribution in [2.45, 2.75) is 32.7 Å². The Morgan fingerprint density at radius 2 is 2.25 bits per heavy atom. The molecule has 0 radical (unpaired) electrons. The molecular weight excluding hydrogens is 252 g/mol. The van der Waals surface area contributed by atoms with Crippen LogP contribution >= 0.6 is 0 Å². The van der Waals surface area contributed by atoms with Crippen LogP contribution in [0.15, 0.2) is 18.2 Å². The first-order valence-corrected chi connectivity index (χ1v) is 7.29. The molecule has 1 aliphatic heterocycles. The first-order valence-electron chi connectivity index (χ1n) is 7.29. The maximum Gasteiger partial charge on any atom is 0.253 e. The van der Waals surface area contributed by atoms with Gasteiger partial charge in [-0.2, -0.15) is 0 Å². The van der Waals surface area contributed by atoms with Crippen molar-refractivity contribution in [3.8, 4) is 0 Å². The average Bonchev–Trinajstić information content (AvgIpc) is 2.46. The van der Waals surface area contributed by atoms with Crippen LogP contribution in [-0.2, 0) is 11.2 Å². The van der Waals surface area contributed by atoms with E-state index in [4.69, 9.17) is 4.74 Å². The first-order chi connectivity index (χ1) is 9.63. The minimum Gasteiger partial charge on any atom is -0.384 e. The van der Waals surface area contributed by atoms with E-state index in [0.717, 1.165) is 30.6 Å². The zero-order valence-corrected chi connectivity index (χ0v) is 12.5. The first kappa shape index (κ1) is 14.9. The van der Waals surface area contributed by atoms with E-state index in [0.29, 0.717) is 12.5 Å². The molecule has 0 aromatic heterocycles. The number of amides is 1. The van der Waals surface area contributed by atoms with Gasteiger partial charge in [0.15, 0.2) is 0 Å². The van der Waals surface area contributed by atoms with E-state index in [-0.39, 0.29) is 11.9 Å². The van der Waals surface area contributed by atoms with Gasteiger partial charge in [0.1, 0.15) is 0 Å². The smallest absolute Gasteiger partial charge is 0.253 e. The highest BCUT2D eigenvalue weighted by molar-refractivity contribution is 6.00. The molecule has 4 nitrogen and oxygen atoms in total. The Morgan fingerprint density at radius 3 is 2.95 bits per heavy atom. The van der Waals surface area contributed by atoms with Crippen LogP contribution in [0, 0.1) is 5.92 Å². The molecule has 2 N–H and O–H groups in total. The summed E-state index contributed by atoms with van der Waals surface area (Å²) in [7, 11) is 1.66. The van der Waals surface area contributed by atoms with Gasteiger partial charge in [-0.25, -0.2) is 0 Å². The van der Waals surface area contributed by atoms with Gasteiger partial charge < -0.3 is 15.4 Å². The van der Waals surface area contributed by atoms with Gasteiger partial charge in [0.2, 0.25) is 0 Å². The van der Waals surface area contributed by atoms with Crippen LogP contribution in [0.25, 0.3) is 0 Å². The van der Waals surface area contributed by atoms with Crippen LogP contribution in [-0.4, -0.2) is 32.2 Å². The number of rotatable bonds is 5. The van der Waals surface area contributed by atoms with E-state index in [9.17, 15) is 4.79 Å². The Balaban J connectivity index is 2.16. The summed E-state index contributed by atoms with van der Waals surface area (Å²) >= 11 is 0. The minimum atomic E-state index is -0.0213. The van der Waals surface area contributed by atoms with Crippen molar-refractivity contribution in [1.82, 2.24) is 5.32 Å². The molecule has 110 valence electrons. The molecule has 1 aliphatic rings. The lowest BCUT2D eigenvalue weighted by Crippen LogP contribution is -2.42. The molecule has 1 heterocycles. The fourth-order valence-corrected chi connectivity index (χ4v) is 2.53. The van der Waals surface area contributed by atoms with Gasteiger partial charge in [0, 0.05) is 13.7 Å². The lowest BCUT2D eigenvalue weighted by Gasteiger charge is -2.24. The Hall–Kier alpha value is -1.55. The number of aryl methyl sites for hydroxylation is 1. The van der Waals surface area contributed by atoms with Gasteiger partial charge >= 0.3 is 0 Å².